The third-order valence-electron chi connectivity index (χ3n) is 6.67. The minimum absolute atomic E-state index is 0.246. The summed E-state index contributed by atoms with van der Waals surface area (Å²) in [5, 5.41) is 0. The van der Waals surface area contributed by atoms with Crippen LogP contribution in [0.4, 0.5) is 26.3 Å². The number of unbranched alkanes of at least 4 members (excludes halogenated alkanes) is 10. The van der Waals surface area contributed by atoms with Gasteiger partial charge in [-0.1, -0.05) is 13.8 Å². The normalized spacial score (nSPS) is 13.2. The van der Waals surface area contributed by atoms with Crippen LogP contribution in [0, 0.1) is 7.14 Å². The zero-order valence-corrected chi connectivity index (χ0v) is 29.7. The number of hydrogen-bond donors (Lipinski definition) is 0. The van der Waals surface area contributed by atoms with E-state index in [0.29, 0.717) is 13.2 Å². The molecule has 7 nitrogen and oxygen atoms in total. The Morgan fingerprint density at radius 2 is 0.848 bits per heavy atom. The molecule has 0 aliphatic carbocycles. The molecule has 46 heavy (non-hydrogen) atoms. The molecule has 0 fully saturated rings. The van der Waals surface area contributed by atoms with Gasteiger partial charge in [0.1, 0.15) is 0 Å². The fourth-order valence-electron chi connectivity index (χ4n) is 4.20. The van der Waals surface area contributed by atoms with Gasteiger partial charge in [-0.3, -0.25) is 0 Å². The molecule has 2 rings (SSSR count). The molecule has 0 aromatic heterocycles. The Balaban J connectivity index is 2.43. The van der Waals surface area contributed by atoms with E-state index in [0.717, 1.165) is 101 Å². The zero-order valence-electron chi connectivity index (χ0n) is 25.9. The van der Waals surface area contributed by atoms with Crippen molar-refractivity contribution in [3.63, 3.8) is 0 Å². The first-order chi connectivity index (χ1) is 21.6. The SMILES string of the molecule is CCCCCCCCOc1ccc(I(c2ccc(OCCCCCCCC)cc2)N(S(=O)(=O)C(F)(F)F)S(=O)(=O)C(F)(F)F)cc1. The molecule has 264 valence electrons. The van der Waals surface area contributed by atoms with Crippen LogP contribution < -0.4 is 9.47 Å². The summed E-state index contributed by atoms with van der Waals surface area (Å²) in [5.41, 5.74) is -12.7. The van der Waals surface area contributed by atoms with Gasteiger partial charge in [-0.2, -0.15) is 0 Å². The van der Waals surface area contributed by atoms with Crippen LogP contribution in [-0.4, -0.2) is 43.0 Å². The van der Waals surface area contributed by atoms with Gasteiger partial charge in [0, 0.05) is 0 Å². The molecule has 0 aliphatic rings. The molecule has 0 bridgehead atoms. The molecule has 0 unspecified atom stereocenters. The number of alkyl halides is 6. The fourth-order valence-corrected chi connectivity index (χ4v) is 16.7. The van der Waals surface area contributed by atoms with Crippen LogP contribution in [0.1, 0.15) is 90.9 Å². The Morgan fingerprint density at radius 3 is 1.15 bits per heavy atom. The molecule has 0 spiro atoms. The Kier molecular flexibility index (Phi) is 16.4. The van der Waals surface area contributed by atoms with Gasteiger partial charge < -0.3 is 0 Å². The van der Waals surface area contributed by atoms with Crippen molar-refractivity contribution in [1.82, 2.24) is 1.92 Å². The van der Waals surface area contributed by atoms with Crippen molar-refractivity contribution in [1.29, 1.82) is 0 Å². The molecule has 2 aromatic rings. The summed E-state index contributed by atoms with van der Waals surface area (Å²) in [6.45, 7) is 4.81. The maximum atomic E-state index is 13.8. The van der Waals surface area contributed by atoms with Crippen molar-refractivity contribution in [3.05, 3.63) is 55.7 Å². The van der Waals surface area contributed by atoms with E-state index in [1.54, 1.807) is 0 Å². The zero-order chi connectivity index (χ0) is 34.4. The number of nitrogens with zero attached hydrogens (tertiary/aromatic N) is 1. The van der Waals surface area contributed by atoms with Crippen molar-refractivity contribution in [2.75, 3.05) is 13.2 Å². The molecule has 0 radical (unpaired) electrons. The Hall–Kier alpha value is -1.79. The van der Waals surface area contributed by atoms with Crippen molar-refractivity contribution in [2.45, 2.75) is 102 Å². The topological polar surface area (TPSA) is 90.0 Å². The predicted octanol–water partition coefficient (Wildman–Crippen LogP) is 9.63. The number of hydrogen-bond acceptors (Lipinski definition) is 6. The quantitative estimate of drug-likeness (QED) is 0.0540. The number of halogens is 7. The summed E-state index contributed by atoms with van der Waals surface area (Å²) < 4.78 is 143. The average Bonchev–Trinajstić information content (AvgIpc) is 2.98. The van der Waals surface area contributed by atoms with Crippen LogP contribution in [0.3, 0.4) is 0 Å². The summed E-state index contributed by atoms with van der Waals surface area (Å²) in [5.74, 6) is 0.492. The minimum atomic E-state index is -7.02. The second-order valence-corrected chi connectivity index (χ2v) is 20.5. The Bertz CT molecular complexity index is 1280. The van der Waals surface area contributed by atoms with Gasteiger partial charge in [-0.25, -0.2) is 0 Å². The van der Waals surface area contributed by atoms with Gasteiger partial charge in [0.05, 0.1) is 0 Å². The van der Waals surface area contributed by atoms with Crippen LogP contribution in [0.15, 0.2) is 48.5 Å². The molecule has 0 amide bonds. The van der Waals surface area contributed by atoms with E-state index in [-0.39, 0.29) is 18.6 Å². The molecule has 0 saturated heterocycles. The summed E-state index contributed by atoms with van der Waals surface area (Å²) in [4.78, 5) is 0. The number of rotatable bonds is 21. The monoisotopic (exact) mass is 817 g/mol. The predicted molar refractivity (Wildman–Crippen MR) is 174 cm³/mol. The molecule has 0 aliphatic heterocycles. The van der Waals surface area contributed by atoms with Crippen molar-refractivity contribution in [2.24, 2.45) is 0 Å². The van der Waals surface area contributed by atoms with Gasteiger partial charge in [0.25, 0.3) is 0 Å². The molecular weight excluding hydrogens is 775 g/mol. The molecule has 16 heteroatoms. The van der Waals surface area contributed by atoms with Gasteiger partial charge >= 0.3 is 263 Å². The van der Waals surface area contributed by atoms with Gasteiger partial charge in [0.15, 0.2) is 0 Å². The van der Waals surface area contributed by atoms with E-state index in [9.17, 15) is 43.2 Å². The summed E-state index contributed by atoms with van der Waals surface area (Å²) in [7, 11) is -14.0. The number of ether oxygens (including phenoxy) is 2. The van der Waals surface area contributed by atoms with Crippen molar-refractivity contribution in [3.8, 4) is 11.5 Å². The summed E-state index contributed by atoms with van der Waals surface area (Å²) >= 11 is -4.80. The molecular formula is C30H42F6INO6S2. The van der Waals surface area contributed by atoms with Crippen molar-refractivity contribution >= 4 is 40.1 Å². The van der Waals surface area contributed by atoms with Crippen LogP contribution in [-0.2, 0) is 20.0 Å². The Morgan fingerprint density at radius 1 is 0.543 bits per heavy atom. The first-order valence-electron chi connectivity index (χ1n) is 15.2. The molecule has 0 atom stereocenters. The molecule has 2 aromatic carbocycles. The Labute approximate surface area is 275 Å². The third-order valence-corrected chi connectivity index (χ3v) is 19.3. The van der Waals surface area contributed by atoms with Gasteiger partial charge in [0.2, 0.25) is 0 Å². The summed E-state index contributed by atoms with van der Waals surface area (Å²) in [6.07, 6.45) is 11.9. The van der Waals surface area contributed by atoms with Crippen LogP contribution in [0.2, 0.25) is 0 Å². The van der Waals surface area contributed by atoms with E-state index >= 15 is 0 Å². The second-order valence-electron chi connectivity index (χ2n) is 10.5. The summed E-state index contributed by atoms with van der Waals surface area (Å²) in [6, 6.07) is 9.51. The van der Waals surface area contributed by atoms with E-state index in [2.05, 4.69) is 13.8 Å². The van der Waals surface area contributed by atoms with Crippen molar-refractivity contribution < 1.29 is 52.7 Å². The van der Waals surface area contributed by atoms with Crippen LogP contribution >= 0.6 is 20.1 Å². The number of sulfonamides is 2. The second kappa shape index (κ2) is 18.7. The average molecular weight is 818 g/mol. The van der Waals surface area contributed by atoms with E-state index in [4.69, 9.17) is 9.47 Å². The van der Waals surface area contributed by atoms with Crippen LogP contribution in [0.5, 0.6) is 11.5 Å². The number of benzene rings is 2. The van der Waals surface area contributed by atoms with E-state index < -0.39 is 53.1 Å². The first kappa shape index (κ1) is 40.4. The van der Waals surface area contributed by atoms with Gasteiger partial charge in [-0.15, -0.1) is 0 Å². The first-order valence-corrected chi connectivity index (χ1v) is 21.2. The molecule has 0 N–H and O–H groups in total. The van der Waals surface area contributed by atoms with Crippen LogP contribution in [0.25, 0.3) is 0 Å². The van der Waals surface area contributed by atoms with Gasteiger partial charge in [-0.05, 0) is 0 Å². The van der Waals surface area contributed by atoms with E-state index in [1.165, 1.54) is 24.3 Å². The fraction of sp³-hybridized carbons (Fsp3) is 0.600. The molecule has 0 saturated carbocycles. The maximum absolute atomic E-state index is 13.8. The third kappa shape index (κ3) is 11.7. The molecule has 0 heterocycles. The van der Waals surface area contributed by atoms with E-state index in [1.807, 2.05) is 0 Å². The standard InChI is InChI=1S/C30H42F6INO6S2/c1-3-5-7-9-11-13-23-43-27-19-15-25(16-20-27)37(38(45(39,40)29(31,32)33)46(41,42)30(34,35)36)26-17-21-28(22-18-26)44-24-14-12-10-8-6-4-2/h15-22H,3-14,23-24H2,1-2H3.